The molecule has 0 saturated carbocycles. The summed E-state index contributed by atoms with van der Waals surface area (Å²) in [6.07, 6.45) is 1.39. The molecule has 4 nitrogen and oxygen atoms in total. The third kappa shape index (κ3) is 8.79. The summed E-state index contributed by atoms with van der Waals surface area (Å²) in [6.45, 7) is 11.5. The minimum absolute atomic E-state index is 0. The maximum absolute atomic E-state index is 7.23. The molecule has 0 amide bonds. The fourth-order valence-electron chi connectivity index (χ4n) is 8.53. The Labute approximate surface area is 395 Å². The Balaban J connectivity index is 0.000000303. The molecule has 0 spiro atoms. The fourth-order valence-corrected chi connectivity index (χ4v) is 8.53. The molecule has 0 N–H and O–H groups in total. The Hall–Kier alpha value is -6.65. The molecule has 0 saturated heterocycles. The van der Waals surface area contributed by atoms with Crippen LogP contribution in [0.15, 0.2) is 174 Å². The number of aryl methyl sites for hydroxylation is 3. The predicted octanol–water partition coefficient (Wildman–Crippen LogP) is 16.0. The van der Waals surface area contributed by atoms with Gasteiger partial charge < -0.3 is 14.0 Å². The second kappa shape index (κ2) is 19.0. The topological polar surface area (TPSA) is 43.9 Å². The summed E-state index contributed by atoms with van der Waals surface area (Å²) in [5.74, 6) is 2.23. The van der Waals surface area contributed by atoms with Gasteiger partial charge in [0.05, 0.1) is 22.4 Å². The van der Waals surface area contributed by atoms with Crippen LogP contribution >= 0.6 is 0 Å². The van der Waals surface area contributed by atoms with E-state index in [9.17, 15) is 0 Å². The second-order valence-corrected chi connectivity index (χ2v) is 16.7. The predicted molar refractivity (Wildman–Crippen MR) is 262 cm³/mol. The van der Waals surface area contributed by atoms with Crippen LogP contribution in [0.1, 0.15) is 71.5 Å². The third-order valence-corrected chi connectivity index (χ3v) is 11.7. The van der Waals surface area contributed by atoms with E-state index in [0.717, 1.165) is 61.5 Å². The quantitative estimate of drug-likeness (QED) is 0.143. The van der Waals surface area contributed by atoms with E-state index in [2.05, 4.69) is 172 Å². The first-order valence-corrected chi connectivity index (χ1v) is 21.6. The van der Waals surface area contributed by atoms with Crippen LogP contribution in [0.3, 0.4) is 0 Å². The Morgan fingerprint density at radius 3 is 1.92 bits per heavy atom. The van der Waals surface area contributed by atoms with E-state index in [0.29, 0.717) is 0 Å². The molecule has 0 aliphatic heterocycles. The van der Waals surface area contributed by atoms with E-state index >= 15 is 0 Å². The van der Waals surface area contributed by atoms with E-state index < -0.39 is 6.85 Å². The van der Waals surface area contributed by atoms with Gasteiger partial charge in [-0.05, 0) is 113 Å². The molecule has 0 fully saturated rings. The van der Waals surface area contributed by atoms with Crippen molar-refractivity contribution in [2.75, 3.05) is 0 Å². The Bertz CT molecular complexity index is 3250. The molecule has 10 aromatic rings. The van der Waals surface area contributed by atoms with Gasteiger partial charge in [-0.1, -0.05) is 148 Å². The van der Waals surface area contributed by atoms with Crippen LogP contribution in [0.2, 0.25) is 0 Å². The number of aromatic nitrogens is 3. The van der Waals surface area contributed by atoms with Gasteiger partial charge in [0, 0.05) is 41.7 Å². The molecule has 0 unspecified atom stereocenters. The molecular weight excluding hydrogens is 959 g/mol. The molecule has 0 aliphatic carbocycles. The minimum Gasteiger partial charge on any atom is -0.477 e. The summed E-state index contributed by atoms with van der Waals surface area (Å²) in [5, 5.41) is 1.05. The number of nitrogens with zero attached hydrogens (tertiary/aromatic N) is 3. The second-order valence-electron chi connectivity index (χ2n) is 16.7. The summed E-state index contributed by atoms with van der Waals surface area (Å²) < 4.78 is 30.8. The molecule has 5 heteroatoms. The first-order valence-electron chi connectivity index (χ1n) is 23.1. The van der Waals surface area contributed by atoms with Crippen LogP contribution in [0.4, 0.5) is 0 Å². The van der Waals surface area contributed by atoms with Gasteiger partial charge >= 0.3 is 0 Å². The molecule has 0 bridgehead atoms. The monoisotopic (exact) mass is 1010 g/mol. The number of rotatable bonds is 8. The average Bonchev–Trinajstić information content (AvgIpc) is 3.94. The van der Waals surface area contributed by atoms with Gasteiger partial charge in [-0.15, -0.1) is 47.5 Å². The Morgan fingerprint density at radius 2 is 1.30 bits per heavy atom. The van der Waals surface area contributed by atoms with Crippen LogP contribution < -0.4 is 0 Å². The first kappa shape index (κ1) is 40.1. The minimum atomic E-state index is -2.09. The van der Waals surface area contributed by atoms with Gasteiger partial charge in [0.1, 0.15) is 5.76 Å². The summed E-state index contributed by atoms with van der Waals surface area (Å²) in [7, 11) is 0. The van der Waals surface area contributed by atoms with Gasteiger partial charge in [0.2, 0.25) is 0 Å². The fraction of sp³-hybridized carbons (Fsp3) is 0.153. The first-order chi connectivity index (χ1) is 31.9. The smallest absolute Gasteiger partial charge is 0.123 e. The number of hydrogen-bond acceptors (Lipinski definition) is 3. The van der Waals surface area contributed by atoms with Crippen molar-refractivity contribution in [3.8, 4) is 61.9 Å². The normalized spacial score (nSPS) is 12.1. The molecule has 3 heterocycles. The summed E-state index contributed by atoms with van der Waals surface area (Å²) in [6, 6.07) is 62.8. The van der Waals surface area contributed by atoms with Crippen molar-refractivity contribution in [2.24, 2.45) is 0 Å². The van der Waals surface area contributed by atoms with Gasteiger partial charge in [0.15, 0.2) is 0 Å². The van der Waals surface area contributed by atoms with Crippen LogP contribution in [0.25, 0.3) is 83.9 Å². The maximum Gasteiger partial charge on any atom is 0.123 e. The van der Waals surface area contributed by atoms with Crippen molar-refractivity contribution in [1.82, 2.24) is 14.5 Å². The summed E-state index contributed by atoms with van der Waals surface area (Å²) >= 11 is 0. The van der Waals surface area contributed by atoms with E-state index in [1.807, 2.05) is 36.4 Å². The summed E-state index contributed by atoms with van der Waals surface area (Å²) in [4.78, 5) is 9.51. The SMILES string of the molecule is Cc1cccc(C)c1-c1cc(-c2nc3ccccc3n2-c2c(C(C)C)cc(-c3ccccc3)cc2C(C)C)[c-]c2oc(-c3ccccc3)cc12.[2H]C([2H])([2H])c1ccc(-c2[c-]cccc2)nc1.[Ir]. The number of furan rings is 1. The average molecular weight is 1010 g/mol. The van der Waals surface area contributed by atoms with Crippen molar-refractivity contribution in [2.45, 2.75) is 60.2 Å². The number of benzene rings is 7. The number of fused-ring (bicyclic) bond motifs is 2. The Kier molecular flexibility index (Phi) is 11.9. The van der Waals surface area contributed by atoms with Crippen molar-refractivity contribution in [1.29, 1.82) is 0 Å². The van der Waals surface area contributed by atoms with Gasteiger partial charge in [0.25, 0.3) is 0 Å². The molecule has 319 valence electrons. The molecular formula is C59H51IrN3O-2. The van der Waals surface area contributed by atoms with E-state index in [-0.39, 0.29) is 37.5 Å². The molecule has 3 aromatic heterocycles. The zero-order chi connectivity index (χ0) is 46.1. The molecule has 0 aliphatic rings. The standard InChI is InChI=1S/C47H41N2O.C12H10N.Ir/c1-29(2)37-24-35(33-18-9-7-10-19-33)25-38(30(3)4)46(37)49-42-23-14-13-22-41(42)48-47(49)36-26-40(45-31(5)16-15-17-32(45)6)39-28-43(50-44(39)27-36)34-20-11-8-12-21-34;1-10-7-8-12(13-9-10)11-5-3-2-4-6-11;/h7-26,28-30H,1-6H3;2-5,7-9H,1H3;/q2*-1;/i;1D3;. The van der Waals surface area contributed by atoms with E-state index in [1.165, 1.54) is 50.8 Å². The number of imidazole rings is 1. The van der Waals surface area contributed by atoms with Crippen LogP contribution in [0.5, 0.6) is 0 Å². The van der Waals surface area contributed by atoms with Crippen molar-refractivity contribution < 1.29 is 28.6 Å². The van der Waals surface area contributed by atoms with Gasteiger partial charge in [-0.25, -0.2) is 0 Å². The van der Waals surface area contributed by atoms with Crippen LogP contribution in [0, 0.1) is 32.8 Å². The molecule has 7 aromatic carbocycles. The number of pyridine rings is 1. The molecule has 1 radical (unpaired) electrons. The van der Waals surface area contributed by atoms with Crippen molar-refractivity contribution in [3.05, 3.63) is 210 Å². The third-order valence-electron chi connectivity index (χ3n) is 11.7. The van der Waals surface area contributed by atoms with E-state index in [4.69, 9.17) is 13.5 Å². The number of para-hydroxylation sites is 2. The maximum atomic E-state index is 7.23. The molecule has 0 atom stereocenters. The van der Waals surface area contributed by atoms with Crippen molar-refractivity contribution in [3.63, 3.8) is 0 Å². The largest absolute Gasteiger partial charge is 0.477 e. The van der Waals surface area contributed by atoms with E-state index in [1.54, 1.807) is 18.2 Å². The molecule has 10 rings (SSSR count). The zero-order valence-corrected chi connectivity index (χ0v) is 39.3. The molecule has 64 heavy (non-hydrogen) atoms. The zero-order valence-electron chi connectivity index (χ0n) is 39.9. The van der Waals surface area contributed by atoms with Crippen molar-refractivity contribution >= 4 is 22.0 Å². The van der Waals surface area contributed by atoms with Gasteiger partial charge in [-0.2, -0.15) is 0 Å². The summed E-state index contributed by atoms with van der Waals surface area (Å²) in [5.41, 5.74) is 17.6. The number of hydrogen-bond donors (Lipinski definition) is 0. The van der Waals surface area contributed by atoms with Gasteiger partial charge in [-0.3, -0.25) is 4.98 Å². The van der Waals surface area contributed by atoms with Crippen LogP contribution in [-0.4, -0.2) is 14.5 Å². The van der Waals surface area contributed by atoms with Crippen LogP contribution in [-0.2, 0) is 20.1 Å². The Morgan fingerprint density at radius 1 is 0.641 bits per heavy atom.